The number of hydrogen-bond donors (Lipinski definition) is 3. The van der Waals surface area contributed by atoms with Crippen LogP contribution in [0.25, 0.3) is 0 Å². The lowest BCUT2D eigenvalue weighted by Gasteiger charge is -2.10. The van der Waals surface area contributed by atoms with Gasteiger partial charge in [0, 0.05) is 25.2 Å². The smallest absolute Gasteiger partial charge is 0.251 e. The Bertz CT molecular complexity index is 589. The summed E-state index contributed by atoms with van der Waals surface area (Å²) in [7, 11) is -3.52. The number of carbonyl (C=O) groups excluding carboxylic acids is 1. The van der Waals surface area contributed by atoms with Crippen molar-refractivity contribution in [3.8, 4) is 0 Å². The van der Waals surface area contributed by atoms with Crippen LogP contribution in [0, 0.1) is 5.92 Å². The lowest BCUT2D eigenvalue weighted by atomic mass is 10.2. The first-order valence-electron chi connectivity index (χ1n) is 7.95. The standard InChI is InChI=1S/C16H27N3O3S.ClH/c1-4-9-17-10-11-18-16(20)14-5-7-15(8-6-14)23(21,22)19-12-13(2)3;/h5-8,13,17,19H,4,9-12H2,1-3H3,(H,18,20);1H. The monoisotopic (exact) mass is 377 g/mol. The zero-order valence-corrected chi connectivity index (χ0v) is 16.1. The maximum Gasteiger partial charge on any atom is 0.251 e. The van der Waals surface area contributed by atoms with Crippen LogP contribution in [0.3, 0.4) is 0 Å². The van der Waals surface area contributed by atoms with Crippen molar-refractivity contribution in [1.29, 1.82) is 0 Å². The summed E-state index contributed by atoms with van der Waals surface area (Å²) >= 11 is 0. The summed E-state index contributed by atoms with van der Waals surface area (Å²) in [5.74, 6) is 0.0264. The molecule has 8 heteroatoms. The Balaban J connectivity index is 0.00000529. The molecule has 0 saturated carbocycles. The van der Waals surface area contributed by atoms with Gasteiger partial charge in [-0.15, -0.1) is 12.4 Å². The van der Waals surface area contributed by atoms with E-state index in [1.807, 2.05) is 13.8 Å². The van der Waals surface area contributed by atoms with Crippen LogP contribution < -0.4 is 15.4 Å². The minimum absolute atomic E-state index is 0. The third-order valence-electron chi connectivity index (χ3n) is 3.12. The molecule has 0 radical (unpaired) electrons. The van der Waals surface area contributed by atoms with Crippen molar-refractivity contribution < 1.29 is 13.2 Å². The molecule has 138 valence electrons. The molecule has 0 saturated heterocycles. The van der Waals surface area contributed by atoms with Gasteiger partial charge in [0.05, 0.1) is 4.90 Å². The lowest BCUT2D eigenvalue weighted by Crippen LogP contribution is -2.32. The van der Waals surface area contributed by atoms with E-state index in [0.29, 0.717) is 25.2 Å². The SMILES string of the molecule is CCCNCCNC(=O)c1ccc(S(=O)(=O)NCC(C)C)cc1.Cl. The van der Waals surface area contributed by atoms with Crippen molar-refractivity contribution >= 4 is 28.3 Å². The summed E-state index contributed by atoms with van der Waals surface area (Å²) in [5, 5.41) is 5.98. The van der Waals surface area contributed by atoms with E-state index in [1.54, 1.807) is 0 Å². The fourth-order valence-corrected chi connectivity index (χ4v) is 3.03. The van der Waals surface area contributed by atoms with E-state index in [4.69, 9.17) is 0 Å². The molecule has 0 aliphatic carbocycles. The number of halogens is 1. The van der Waals surface area contributed by atoms with E-state index in [9.17, 15) is 13.2 Å². The quantitative estimate of drug-likeness (QED) is 0.542. The first kappa shape index (κ1) is 22.9. The van der Waals surface area contributed by atoms with Crippen LogP contribution in [-0.2, 0) is 10.0 Å². The zero-order valence-electron chi connectivity index (χ0n) is 14.5. The highest BCUT2D eigenvalue weighted by Gasteiger charge is 2.15. The molecule has 1 aromatic rings. The zero-order chi connectivity index (χ0) is 17.3. The highest BCUT2D eigenvalue weighted by Crippen LogP contribution is 2.11. The number of hydrogen-bond acceptors (Lipinski definition) is 4. The van der Waals surface area contributed by atoms with E-state index in [2.05, 4.69) is 22.3 Å². The summed E-state index contributed by atoms with van der Waals surface area (Å²) in [4.78, 5) is 12.1. The topological polar surface area (TPSA) is 87.3 Å². The van der Waals surface area contributed by atoms with Crippen LogP contribution in [0.2, 0.25) is 0 Å². The van der Waals surface area contributed by atoms with Crippen molar-refractivity contribution in [1.82, 2.24) is 15.4 Å². The van der Waals surface area contributed by atoms with Crippen molar-refractivity contribution in [2.45, 2.75) is 32.1 Å². The molecule has 6 nitrogen and oxygen atoms in total. The van der Waals surface area contributed by atoms with Gasteiger partial charge >= 0.3 is 0 Å². The normalized spacial score (nSPS) is 11.2. The largest absolute Gasteiger partial charge is 0.351 e. The number of nitrogens with one attached hydrogen (secondary N) is 3. The van der Waals surface area contributed by atoms with Gasteiger partial charge in [-0.25, -0.2) is 13.1 Å². The molecule has 0 heterocycles. The molecular weight excluding hydrogens is 350 g/mol. The Morgan fingerprint density at radius 1 is 1.08 bits per heavy atom. The van der Waals surface area contributed by atoms with Crippen LogP contribution in [0.5, 0.6) is 0 Å². The van der Waals surface area contributed by atoms with Gasteiger partial charge in [-0.05, 0) is 43.1 Å². The number of sulfonamides is 1. The highest BCUT2D eigenvalue weighted by atomic mass is 35.5. The molecule has 1 aromatic carbocycles. The molecule has 1 amide bonds. The van der Waals surface area contributed by atoms with E-state index < -0.39 is 10.0 Å². The first-order chi connectivity index (χ1) is 10.9. The molecule has 3 N–H and O–H groups in total. The van der Waals surface area contributed by atoms with Gasteiger partial charge in [-0.2, -0.15) is 0 Å². The maximum absolute atomic E-state index is 12.1. The van der Waals surface area contributed by atoms with Crippen molar-refractivity contribution in [3.05, 3.63) is 29.8 Å². The Morgan fingerprint density at radius 3 is 2.25 bits per heavy atom. The number of amides is 1. The second kappa shape index (κ2) is 11.4. The summed E-state index contributed by atoms with van der Waals surface area (Å²) in [5.41, 5.74) is 0.448. The van der Waals surface area contributed by atoms with E-state index in [-0.39, 0.29) is 29.1 Å². The minimum Gasteiger partial charge on any atom is -0.351 e. The fourth-order valence-electron chi connectivity index (χ4n) is 1.81. The summed E-state index contributed by atoms with van der Waals surface area (Å²) < 4.78 is 26.7. The molecule has 0 aliphatic heterocycles. The van der Waals surface area contributed by atoms with E-state index in [0.717, 1.165) is 13.0 Å². The molecule has 24 heavy (non-hydrogen) atoms. The number of carbonyl (C=O) groups is 1. The lowest BCUT2D eigenvalue weighted by molar-refractivity contribution is 0.0954. The Labute approximate surface area is 151 Å². The average Bonchev–Trinajstić information content (AvgIpc) is 2.53. The first-order valence-corrected chi connectivity index (χ1v) is 9.43. The second-order valence-electron chi connectivity index (χ2n) is 5.78. The van der Waals surface area contributed by atoms with Gasteiger partial charge in [0.1, 0.15) is 0 Å². The van der Waals surface area contributed by atoms with Crippen molar-refractivity contribution in [2.24, 2.45) is 5.92 Å². The summed E-state index contributed by atoms with van der Waals surface area (Å²) in [6.07, 6.45) is 1.05. The number of benzene rings is 1. The molecular formula is C16H28ClN3O3S. The fraction of sp³-hybridized carbons (Fsp3) is 0.562. The van der Waals surface area contributed by atoms with Crippen molar-refractivity contribution in [3.63, 3.8) is 0 Å². The van der Waals surface area contributed by atoms with Gasteiger partial charge in [0.25, 0.3) is 5.91 Å². The second-order valence-corrected chi connectivity index (χ2v) is 7.54. The third kappa shape index (κ3) is 8.10. The van der Waals surface area contributed by atoms with E-state index in [1.165, 1.54) is 24.3 Å². The van der Waals surface area contributed by atoms with E-state index >= 15 is 0 Å². The maximum atomic E-state index is 12.1. The Morgan fingerprint density at radius 2 is 1.71 bits per heavy atom. The number of rotatable bonds is 10. The van der Waals surface area contributed by atoms with Gasteiger partial charge in [-0.3, -0.25) is 4.79 Å². The predicted octanol–water partition coefficient (Wildman–Crippen LogP) is 1.77. The summed E-state index contributed by atoms with van der Waals surface area (Å²) in [6, 6.07) is 5.96. The molecule has 0 atom stereocenters. The molecule has 0 unspecified atom stereocenters. The molecule has 0 aliphatic rings. The molecule has 0 aromatic heterocycles. The molecule has 0 bridgehead atoms. The minimum atomic E-state index is -3.52. The van der Waals surface area contributed by atoms with Crippen LogP contribution in [0.1, 0.15) is 37.6 Å². The van der Waals surface area contributed by atoms with Crippen LogP contribution in [-0.4, -0.2) is 40.5 Å². The highest BCUT2D eigenvalue weighted by molar-refractivity contribution is 7.89. The predicted molar refractivity (Wildman–Crippen MR) is 99.2 cm³/mol. The summed E-state index contributed by atoms with van der Waals surface area (Å²) in [6.45, 7) is 8.51. The Hall–Kier alpha value is -1.15. The van der Waals surface area contributed by atoms with Gasteiger partial charge in [0.15, 0.2) is 0 Å². The van der Waals surface area contributed by atoms with Gasteiger partial charge in [-0.1, -0.05) is 20.8 Å². The third-order valence-corrected chi connectivity index (χ3v) is 4.56. The Kier molecular flexibility index (Phi) is 10.9. The van der Waals surface area contributed by atoms with Crippen molar-refractivity contribution in [2.75, 3.05) is 26.2 Å². The molecule has 1 rings (SSSR count). The molecule has 0 fully saturated rings. The average molecular weight is 378 g/mol. The van der Waals surface area contributed by atoms with Gasteiger partial charge in [0.2, 0.25) is 10.0 Å². The van der Waals surface area contributed by atoms with Crippen LogP contribution in [0.15, 0.2) is 29.2 Å². The van der Waals surface area contributed by atoms with Gasteiger partial charge < -0.3 is 10.6 Å². The molecule has 0 spiro atoms. The van der Waals surface area contributed by atoms with Crippen LogP contribution in [0.4, 0.5) is 0 Å². The van der Waals surface area contributed by atoms with Crippen LogP contribution >= 0.6 is 12.4 Å².